The Balaban J connectivity index is 1.95. The zero-order valence-corrected chi connectivity index (χ0v) is 16.7. The number of carbonyl (C=O) groups is 2. The zero-order chi connectivity index (χ0) is 19.6. The van der Waals surface area contributed by atoms with E-state index < -0.39 is 12.4 Å². The molecule has 6 nitrogen and oxygen atoms in total. The van der Waals surface area contributed by atoms with Crippen LogP contribution in [0.1, 0.15) is 38.7 Å². The molecule has 0 saturated carbocycles. The van der Waals surface area contributed by atoms with E-state index in [0.717, 1.165) is 12.8 Å². The molecule has 0 spiro atoms. The van der Waals surface area contributed by atoms with Crippen molar-refractivity contribution < 1.29 is 23.8 Å². The Bertz CT molecular complexity index is 779. The summed E-state index contributed by atoms with van der Waals surface area (Å²) in [4.78, 5) is 27.0. The minimum atomic E-state index is -0.909. The summed E-state index contributed by atoms with van der Waals surface area (Å²) in [6, 6.07) is 4.56. The topological polar surface area (TPSA) is 65.1 Å². The smallest absolute Gasteiger partial charge is 0.404 e. The van der Waals surface area contributed by atoms with Gasteiger partial charge in [0.15, 0.2) is 0 Å². The molecule has 1 amide bonds. The number of halogens is 2. The van der Waals surface area contributed by atoms with Crippen molar-refractivity contribution in [3.8, 4) is 0 Å². The average molecular weight is 414 g/mol. The number of amides is 1. The summed E-state index contributed by atoms with van der Waals surface area (Å²) in [5, 5.41) is 0.780. The molecule has 0 bridgehead atoms. The molecular formula is C19H21Cl2NO5. The van der Waals surface area contributed by atoms with Gasteiger partial charge in [-0.1, -0.05) is 29.3 Å². The standard InChI is InChI=1S/C19H21Cl2NO5/c1-3-25-11(2)26-19(24)27-17-15-6-4-5-9-22(15)18(23)16(17)13-8-7-12(20)10-14(13)21/h7-8,10-11,15H,3-6,9H2,1-2H3. The van der Waals surface area contributed by atoms with E-state index in [2.05, 4.69) is 0 Å². The van der Waals surface area contributed by atoms with Gasteiger partial charge in [-0.2, -0.15) is 0 Å². The fourth-order valence-corrected chi connectivity index (χ4v) is 3.94. The average Bonchev–Trinajstić information content (AvgIpc) is 2.88. The Morgan fingerprint density at radius 2 is 2.11 bits per heavy atom. The Morgan fingerprint density at radius 3 is 2.81 bits per heavy atom. The van der Waals surface area contributed by atoms with Crippen LogP contribution in [-0.2, 0) is 19.0 Å². The second-order valence-electron chi connectivity index (χ2n) is 6.37. The van der Waals surface area contributed by atoms with Crippen LogP contribution >= 0.6 is 23.2 Å². The lowest BCUT2D eigenvalue weighted by atomic mass is 10.0. The highest BCUT2D eigenvalue weighted by molar-refractivity contribution is 6.37. The molecule has 0 N–H and O–H groups in total. The minimum Gasteiger partial charge on any atom is -0.404 e. The largest absolute Gasteiger partial charge is 0.515 e. The van der Waals surface area contributed by atoms with E-state index in [4.69, 9.17) is 37.4 Å². The molecule has 0 aliphatic carbocycles. The van der Waals surface area contributed by atoms with Gasteiger partial charge in [0.05, 0.1) is 16.6 Å². The molecule has 2 aliphatic rings. The zero-order valence-electron chi connectivity index (χ0n) is 15.2. The van der Waals surface area contributed by atoms with E-state index in [-0.39, 0.29) is 23.3 Å². The molecule has 8 heteroatoms. The third-order valence-electron chi connectivity index (χ3n) is 4.58. The number of piperidine rings is 1. The van der Waals surface area contributed by atoms with E-state index in [9.17, 15) is 9.59 Å². The summed E-state index contributed by atoms with van der Waals surface area (Å²) < 4.78 is 15.8. The highest BCUT2D eigenvalue weighted by Crippen LogP contribution is 2.41. The molecule has 3 rings (SSSR count). The molecule has 1 aromatic rings. The van der Waals surface area contributed by atoms with Gasteiger partial charge in [-0.25, -0.2) is 4.79 Å². The summed E-state index contributed by atoms with van der Waals surface area (Å²) in [6.45, 7) is 4.40. The maximum Gasteiger partial charge on any atom is 0.515 e. The summed E-state index contributed by atoms with van der Waals surface area (Å²) in [5.74, 6) is 0.0715. The molecule has 0 aromatic heterocycles. The third-order valence-corrected chi connectivity index (χ3v) is 5.13. The van der Waals surface area contributed by atoms with Gasteiger partial charge in [0.2, 0.25) is 6.29 Å². The molecule has 2 aliphatic heterocycles. The maximum absolute atomic E-state index is 13.0. The molecule has 1 fully saturated rings. The van der Waals surface area contributed by atoms with Gasteiger partial charge in [-0.05, 0) is 45.2 Å². The van der Waals surface area contributed by atoms with Crippen LogP contribution in [-0.4, -0.2) is 42.4 Å². The predicted octanol–water partition coefficient (Wildman–Crippen LogP) is 4.63. The minimum absolute atomic E-state index is 0.204. The van der Waals surface area contributed by atoms with Crippen molar-refractivity contribution in [1.29, 1.82) is 0 Å². The first kappa shape index (κ1) is 20.0. The normalized spacial score (nSPS) is 20.5. The number of ether oxygens (including phenoxy) is 3. The van der Waals surface area contributed by atoms with Crippen molar-refractivity contribution in [2.75, 3.05) is 13.2 Å². The molecule has 1 saturated heterocycles. The van der Waals surface area contributed by atoms with Gasteiger partial charge in [0, 0.05) is 23.7 Å². The summed E-state index contributed by atoms with van der Waals surface area (Å²) >= 11 is 12.3. The van der Waals surface area contributed by atoms with Crippen LogP contribution in [0.15, 0.2) is 24.0 Å². The van der Waals surface area contributed by atoms with Gasteiger partial charge >= 0.3 is 6.16 Å². The molecule has 0 radical (unpaired) electrons. The van der Waals surface area contributed by atoms with Crippen molar-refractivity contribution in [1.82, 2.24) is 4.90 Å². The highest BCUT2D eigenvalue weighted by Gasteiger charge is 2.44. The number of nitrogens with zero attached hydrogens (tertiary/aromatic N) is 1. The molecule has 146 valence electrons. The van der Waals surface area contributed by atoms with Crippen LogP contribution in [0.3, 0.4) is 0 Å². The SMILES string of the molecule is CCOC(C)OC(=O)OC1=C(c2ccc(Cl)cc2Cl)C(=O)N2CCCCC12. The number of carbonyl (C=O) groups excluding carboxylic acids is 2. The van der Waals surface area contributed by atoms with Gasteiger partial charge in [-0.3, -0.25) is 4.79 Å². The second kappa shape index (κ2) is 8.50. The van der Waals surface area contributed by atoms with Crippen molar-refractivity contribution in [2.24, 2.45) is 0 Å². The molecule has 2 heterocycles. The van der Waals surface area contributed by atoms with Crippen molar-refractivity contribution in [2.45, 2.75) is 45.4 Å². The van der Waals surface area contributed by atoms with Crippen molar-refractivity contribution >= 4 is 40.8 Å². The molecule has 2 atom stereocenters. The molecule has 1 aromatic carbocycles. The summed E-state index contributed by atoms with van der Waals surface area (Å²) in [6.07, 6.45) is 0.902. The number of hydrogen-bond donors (Lipinski definition) is 0. The Morgan fingerprint density at radius 1 is 1.33 bits per heavy atom. The predicted molar refractivity (Wildman–Crippen MR) is 101 cm³/mol. The Kier molecular flexibility index (Phi) is 6.29. The molecule has 2 unspecified atom stereocenters. The first-order chi connectivity index (χ1) is 12.9. The van der Waals surface area contributed by atoms with Crippen LogP contribution < -0.4 is 0 Å². The maximum atomic E-state index is 13.0. The van der Waals surface area contributed by atoms with Crippen LogP contribution in [0.2, 0.25) is 10.0 Å². The van der Waals surface area contributed by atoms with Crippen LogP contribution in [0.25, 0.3) is 5.57 Å². The summed E-state index contributed by atoms with van der Waals surface area (Å²) in [5.41, 5.74) is 0.769. The van der Waals surface area contributed by atoms with E-state index in [1.54, 1.807) is 36.9 Å². The van der Waals surface area contributed by atoms with E-state index >= 15 is 0 Å². The van der Waals surface area contributed by atoms with Crippen LogP contribution in [0.4, 0.5) is 4.79 Å². The van der Waals surface area contributed by atoms with Crippen molar-refractivity contribution in [3.63, 3.8) is 0 Å². The van der Waals surface area contributed by atoms with Gasteiger partial charge in [-0.15, -0.1) is 0 Å². The number of rotatable bonds is 5. The molecular weight excluding hydrogens is 393 g/mol. The van der Waals surface area contributed by atoms with E-state index in [1.165, 1.54) is 0 Å². The lowest BCUT2D eigenvalue weighted by Gasteiger charge is -2.30. The Hall–Kier alpha value is -1.76. The van der Waals surface area contributed by atoms with Gasteiger partial charge in [0.1, 0.15) is 5.76 Å². The third kappa shape index (κ3) is 4.23. The highest BCUT2D eigenvalue weighted by atomic mass is 35.5. The van der Waals surface area contributed by atoms with Gasteiger partial charge < -0.3 is 19.1 Å². The lowest BCUT2D eigenvalue weighted by molar-refractivity contribution is -0.126. The fraction of sp³-hybridized carbons (Fsp3) is 0.474. The quantitative estimate of drug-likeness (QED) is 0.519. The van der Waals surface area contributed by atoms with Gasteiger partial charge in [0.25, 0.3) is 5.91 Å². The second-order valence-corrected chi connectivity index (χ2v) is 7.21. The van der Waals surface area contributed by atoms with Crippen LogP contribution in [0.5, 0.6) is 0 Å². The fourth-order valence-electron chi connectivity index (χ4n) is 3.44. The van der Waals surface area contributed by atoms with Crippen molar-refractivity contribution in [3.05, 3.63) is 39.6 Å². The van der Waals surface area contributed by atoms with E-state index in [0.29, 0.717) is 35.2 Å². The Labute approximate surface area is 168 Å². The van der Waals surface area contributed by atoms with Crippen LogP contribution in [0, 0.1) is 0 Å². The monoisotopic (exact) mass is 413 g/mol. The lowest BCUT2D eigenvalue weighted by Crippen LogP contribution is -2.40. The first-order valence-corrected chi connectivity index (χ1v) is 9.68. The molecule has 27 heavy (non-hydrogen) atoms. The number of hydrogen-bond acceptors (Lipinski definition) is 5. The van der Waals surface area contributed by atoms with E-state index in [1.807, 2.05) is 0 Å². The first-order valence-electron chi connectivity index (χ1n) is 8.93. The number of fused-ring (bicyclic) bond motifs is 1. The number of benzene rings is 1. The summed E-state index contributed by atoms with van der Waals surface area (Å²) in [7, 11) is 0.